The van der Waals surface area contributed by atoms with Gasteiger partial charge in [0.15, 0.2) is 0 Å². The second kappa shape index (κ2) is 9.34. The van der Waals surface area contributed by atoms with Crippen LogP contribution in [0.1, 0.15) is 27.0 Å². The topological polar surface area (TPSA) is 70.3 Å². The molecule has 3 aromatic carbocycles. The lowest BCUT2D eigenvalue weighted by atomic mass is 10.0. The van der Waals surface area contributed by atoms with E-state index in [0.717, 1.165) is 9.13 Å². The number of nitriles is 1. The first-order valence-corrected chi connectivity index (χ1v) is 9.67. The molecule has 29 heavy (non-hydrogen) atoms. The maximum Gasteiger partial charge on any atom is 0.335 e. The first-order valence-electron chi connectivity index (χ1n) is 8.59. The molecule has 0 unspecified atom stereocenters. The molecule has 0 fully saturated rings. The van der Waals surface area contributed by atoms with Crippen LogP contribution in [0.5, 0.6) is 5.75 Å². The van der Waals surface area contributed by atoms with Crippen molar-refractivity contribution in [3.05, 3.63) is 98.4 Å². The molecule has 0 atom stereocenters. The number of aromatic carboxylic acids is 1. The average Bonchev–Trinajstić information content (AvgIpc) is 2.72. The molecule has 0 amide bonds. The second-order valence-corrected chi connectivity index (χ2v) is 7.28. The Morgan fingerprint density at radius 1 is 1.10 bits per heavy atom. The minimum Gasteiger partial charge on any atom is -0.488 e. The maximum atomic E-state index is 13.7. The van der Waals surface area contributed by atoms with Crippen molar-refractivity contribution in [2.24, 2.45) is 0 Å². The summed E-state index contributed by atoms with van der Waals surface area (Å²) in [5.41, 5.74) is 2.48. The molecule has 0 saturated carbocycles. The summed E-state index contributed by atoms with van der Waals surface area (Å²) in [5.74, 6) is -0.704. The fourth-order valence-corrected chi connectivity index (χ4v) is 3.33. The lowest BCUT2D eigenvalue weighted by Gasteiger charge is -2.10. The molecule has 0 bridgehead atoms. The van der Waals surface area contributed by atoms with E-state index in [4.69, 9.17) is 9.84 Å². The van der Waals surface area contributed by atoms with Crippen molar-refractivity contribution in [1.29, 1.82) is 5.26 Å². The fourth-order valence-electron chi connectivity index (χ4n) is 2.63. The molecule has 0 heterocycles. The highest BCUT2D eigenvalue weighted by molar-refractivity contribution is 14.1. The van der Waals surface area contributed by atoms with Gasteiger partial charge < -0.3 is 9.84 Å². The highest BCUT2D eigenvalue weighted by atomic mass is 127. The van der Waals surface area contributed by atoms with Crippen molar-refractivity contribution in [2.45, 2.75) is 6.61 Å². The molecule has 0 aliphatic carbocycles. The zero-order valence-corrected chi connectivity index (χ0v) is 17.3. The van der Waals surface area contributed by atoms with Crippen molar-refractivity contribution in [1.82, 2.24) is 0 Å². The Balaban J connectivity index is 1.78. The van der Waals surface area contributed by atoms with E-state index in [1.807, 2.05) is 12.1 Å². The standard InChI is InChI=1S/C23H15FINO3/c24-20-4-2-1-3-18(20)14-29-22-10-5-15(12-21(22)25)11-19(13-26)16-6-8-17(9-7-16)23(27)28/h1-12H,14H2,(H,27,28)/b19-11-. The van der Waals surface area contributed by atoms with Crippen molar-refractivity contribution in [2.75, 3.05) is 0 Å². The van der Waals surface area contributed by atoms with Crippen LogP contribution in [-0.4, -0.2) is 11.1 Å². The molecule has 0 saturated heterocycles. The van der Waals surface area contributed by atoms with Crippen molar-refractivity contribution >= 4 is 40.2 Å². The van der Waals surface area contributed by atoms with E-state index in [1.54, 1.807) is 42.5 Å². The molecule has 0 aliphatic heterocycles. The van der Waals surface area contributed by atoms with Gasteiger partial charge in [-0.15, -0.1) is 0 Å². The van der Waals surface area contributed by atoms with Gasteiger partial charge in [0.25, 0.3) is 0 Å². The number of halogens is 2. The van der Waals surface area contributed by atoms with Crippen molar-refractivity contribution in [3.8, 4) is 11.8 Å². The molecule has 0 aliphatic rings. The zero-order valence-electron chi connectivity index (χ0n) is 15.1. The lowest BCUT2D eigenvalue weighted by Crippen LogP contribution is -1.99. The van der Waals surface area contributed by atoms with Crippen LogP contribution >= 0.6 is 22.6 Å². The van der Waals surface area contributed by atoms with Crippen LogP contribution in [0.3, 0.4) is 0 Å². The number of hydrogen-bond donors (Lipinski definition) is 1. The minimum absolute atomic E-state index is 0.122. The summed E-state index contributed by atoms with van der Waals surface area (Å²) >= 11 is 2.13. The van der Waals surface area contributed by atoms with E-state index in [2.05, 4.69) is 28.7 Å². The molecule has 1 N–H and O–H groups in total. The van der Waals surface area contributed by atoms with E-state index in [0.29, 0.717) is 22.4 Å². The molecule has 0 aromatic heterocycles. The maximum absolute atomic E-state index is 13.7. The van der Waals surface area contributed by atoms with Crippen LogP contribution in [-0.2, 0) is 6.61 Å². The number of nitrogens with zero attached hydrogens (tertiary/aromatic N) is 1. The van der Waals surface area contributed by atoms with E-state index < -0.39 is 5.97 Å². The predicted molar refractivity (Wildman–Crippen MR) is 117 cm³/mol. The zero-order chi connectivity index (χ0) is 20.8. The van der Waals surface area contributed by atoms with Gasteiger partial charge in [0, 0.05) is 5.56 Å². The Hall–Kier alpha value is -3.18. The molecule has 6 heteroatoms. The molecular weight excluding hydrogens is 484 g/mol. The Morgan fingerprint density at radius 3 is 2.41 bits per heavy atom. The molecule has 3 aromatic rings. The lowest BCUT2D eigenvalue weighted by molar-refractivity contribution is 0.0697. The number of benzene rings is 3. The minimum atomic E-state index is -1.01. The first kappa shape index (κ1) is 20.6. The highest BCUT2D eigenvalue weighted by Gasteiger charge is 2.08. The first-order chi connectivity index (χ1) is 14.0. The Morgan fingerprint density at radius 2 is 1.79 bits per heavy atom. The van der Waals surface area contributed by atoms with Gasteiger partial charge in [0.1, 0.15) is 18.2 Å². The Bertz CT molecular complexity index is 1120. The summed E-state index contributed by atoms with van der Waals surface area (Å²) in [4.78, 5) is 11.0. The highest BCUT2D eigenvalue weighted by Crippen LogP contribution is 2.26. The second-order valence-electron chi connectivity index (χ2n) is 6.12. The third kappa shape index (κ3) is 5.21. The van der Waals surface area contributed by atoms with Crippen molar-refractivity contribution < 1.29 is 19.0 Å². The van der Waals surface area contributed by atoms with Crippen LogP contribution in [0.4, 0.5) is 4.39 Å². The van der Waals surface area contributed by atoms with Crippen LogP contribution in [0.25, 0.3) is 11.6 Å². The van der Waals surface area contributed by atoms with Gasteiger partial charge >= 0.3 is 5.97 Å². The summed E-state index contributed by atoms with van der Waals surface area (Å²) in [6, 6.07) is 20.2. The molecule has 0 radical (unpaired) electrons. The van der Waals surface area contributed by atoms with E-state index >= 15 is 0 Å². The van der Waals surface area contributed by atoms with Gasteiger partial charge in [-0.3, -0.25) is 0 Å². The number of ether oxygens (including phenoxy) is 1. The van der Waals surface area contributed by atoms with E-state index in [-0.39, 0.29) is 18.0 Å². The Labute approximate surface area is 181 Å². The average molecular weight is 499 g/mol. The normalized spacial score (nSPS) is 11.0. The third-order valence-corrected chi connectivity index (χ3v) is 5.01. The Kier molecular flexibility index (Phi) is 6.62. The van der Waals surface area contributed by atoms with Gasteiger partial charge in [-0.25, -0.2) is 9.18 Å². The molecule has 4 nitrogen and oxygen atoms in total. The van der Waals surface area contributed by atoms with E-state index in [1.165, 1.54) is 18.2 Å². The van der Waals surface area contributed by atoms with Gasteiger partial charge in [-0.05, 0) is 70.1 Å². The van der Waals surface area contributed by atoms with Gasteiger partial charge in [0.05, 0.1) is 20.8 Å². The number of carboxylic acid groups (broad SMARTS) is 1. The summed E-state index contributed by atoms with van der Waals surface area (Å²) in [6.07, 6.45) is 1.72. The summed E-state index contributed by atoms with van der Waals surface area (Å²) < 4.78 is 20.3. The predicted octanol–water partition coefficient (Wildman–Crippen LogP) is 5.77. The van der Waals surface area contributed by atoms with Crippen LogP contribution in [0.15, 0.2) is 66.7 Å². The SMILES string of the molecule is N#C/C(=C/c1ccc(OCc2ccccc2F)c(I)c1)c1ccc(C(=O)O)cc1. The summed E-state index contributed by atoms with van der Waals surface area (Å²) in [6.45, 7) is 0.122. The number of hydrogen-bond acceptors (Lipinski definition) is 3. The van der Waals surface area contributed by atoms with Crippen LogP contribution < -0.4 is 4.74 Å². The molecular formula is C23H15FINO3. The third-order valence-electron chi connectivity index (χ3n) is 4.17. The number of rotatable bonds is 6. The van der Waals surface area contributed by atoms with Gasteiger partial charge in [-0.1, -0.05) is 36.4 Å². The smallest absolute Gasteiger partial charge is 0.335 e. The summed E-state index contributed by atoms with van der Waals surface area (Å²) in [7, 11) is 0. The van der Waals surface area contributed by atoms with Gasteiger partial charge in [-0.2, -0.15) is 5.26 Å². The van der Waals surface area contributed by atoms with Crippen LogP contribution in [0.2, 0.25) is 0 Å². The number of carboxylic acids is 1. The molecule has 0 spiro atoms. The monoisotopic (exact) mass is 499 g/mol. The van der Waals surface area contributed by atoms with Crippen LogP contribution in [0, 0.1) is 20.7 Å². The largest absolute Gasteiger partial charge is 0.488 e. The number of allylic oxidation sites excluding steroid dienone is 1. The quantitative estimate of drug-likeness (QED) is 0.266. The van der Waals surface area contributed by atoms with Crippen molar-refractivity contribution in [3.63, 3.8) is 0 Å². The van der Waals surface area contributed by atoms with E-state index in [9.17, 15) is 14.4 Å². The summed E-state index contributed by atoms with van der Waals surface area (Å²) in [5, 5.41) is 18.5. The molecule has 3 rings (SSSR count). The fraction of sp³-hybridized carbons (Fsp3) is 0.0435. The molecule has 144 valence electrons. The van der Waals surface area contributed by atoms with Gasteiger partial charge in [0.2, 0.25) is 0 Å². The number of carbonyl (C=O) groups is 1.